The fourth-order valence-corrected chi connectivity index (χ4v) is 8.68. The lowest BCUT2D eigenvalue weighted by Crippen LogP contribution is -2.51. The highest BCUT2D eigenvalue weighted by Gasteiger charge is 2.68. The lowest BCUT2D eigenvalue weighted by Gasteiger charge is -2.49. The molecule has 0 aromatic heterocycles. The number of carbonyl (C=O) groups is 5. The van der Waals surface area contributed by atoms with Gasteiger partial charge in [0.25, 0.3) is 0 Å². The Bertz CT molecular complexity index is 1710. The number of carbonyl (C=O) groups excluding carboxylic acids is 4. The van der Waals surface area contributed by atoms with Crippen LogP contribution in [0.3, 0.4) is 0 Å². The number of amides is 4. The molecule has 7 rings (SSSR count). The smallest absolute Gasteiger partial charge is 0.303 e. The van der Waals surface area contributed by atoms with Crippen LogP contribution in [0.2, 0.25) is 0 Å². The van der Waals surface area contributed by atoms with Crippen molar-refractivity contribution in [1.29, 1.82) is 0 Å². The van der Waals surface area contributed by atoms with Gasteiger partial charge in [-0.25, -0.2) is 4.90 Å². The maximum atomic E-state index is 14.5. The Morgan fingerprint density at radius 3 is 2.52 bits per heavy atom. The number of ether oxygens (including phenoxy) is 1. The number of fused-ring (bicyclic) bond motifs is 5. The van der Waals surface area contributed by atoms with Crippen LogP contribution in [0.4, 0.5) is 5.69 Å². The van der Waals surface area contributed by atoms with Crippen LogP contribution in [0.5, 0.6) is 11.5 Å². The number of carboxylic acids is 1. The van der Waals surface area contributed by atoms with E-state index >= 15 is 0 Å². The highest BCUT2D eigenvalue weighted by molar-refractivity contribution is 6.24. The van der Waals surface area contributed by atoms with Crippen LogP contribution in [0.25, 0.3) is 0 Å². The molecule has 2 N–H and O–H groups in total. The minimum Gasteiger partial charge on any atom is -0.508 e. The molecule has 2 aromatic rings. The normalized spacial score (nSPS) is 29.8. The van der Waals surface area contributed by atoms with Crippen molar-refractivity contribution in [2.75, 3.05) is 11.4 Å². The van der Waals surface area contributed by atoms with Gasteiger partial charge in [-0.3, -0.25) is 28.9 Å². The predicted octanol–water partition coefficient (Wildman–Crippen LogP) is 4.62. The van der Waals surface area contributed by atoms with E-state index in [1.807, 2.05) is 19.1 Å². The van der Waals surface area contributed by atoms with Gasteiger partial charge in [0.2, 0.25) is 23.6 Å². The third kappa shape index (κ3) is 4.56. The molecule has 2 aromatic carbocycles. The van der Waals surface area contributed by atoms with Crippen molar-refractivity contribution in [3.05, 3.63) is 77.6 Å². The number of carboxylic acid groups (broad SMARTS) is 1. The van der Waals surface area contributed by atoms with E-state index in [9.17, 15) is 29.1 Å². The summed E-state index contributed by atoms with van der Waals surface area (Å²) in [6.45, 7) is 2.08. The Kier molecular flexibility index (Phi) is 7.33. The van der Waals surface area contributed by atoms with Crippen molar-refractivity contribution in [3.8, 4) is 11.5 Å². The van der Waals surface area contributed by atoms with E-state index in [4.69, 9.17) is 9.84 Å². The Morgan fingerprint density at radius 1 is 0.978 bits per heavy atom. The number of allylic oxidation sites excluding steroid dienone is 3. The van der Waals surface area contributed by atoms with E-state index in [0.29, 0.717) is 43.5 Å². The highest BCUT2D eigenvalue weighted by atomic mass is 16.5. The number of hydrogen-bond donors (Lipinski definition) is 2. The molecule has 0 unspecified atom stereocenters. The molecule has 46 heavy (non-hydrogen) atoms. The first-order valence-electron chi connectivity index (χ1n) is 16.0. The number of imide groups is 2. The van der Waals surface area contributed by atoms with Gasteiger partial charge in [0.05, 0.1) is 35.1 Å². The summed E-state index contributed by atoms with van der Waals surface area (Å²) >= 11 is 0. The van der Waals surface area contributed by atoms with E-state index in [-0.39, 0.29) is 48.8 Å². The molecule has 5 aliphatic rings. The van der Waals surface area contributed by atoms with Gasteiger partial charge in [-0.1, -0.05) is 36.3 Å². The van der Waals surface area contributed by atoms with Crippen LogP contribution in [0.15, 0.2) is 72.0 Å². The average Bonchev–Trinajstić information content (AvgIpc) is 3.40. The van der Waals surface area contributed by atoms with Gasteiger partial charge in [0, 0.05) is 30.9 Å². The van der Waals surface area contributed by atoms with Gasteiger partial charge in [0.15, 0.2) is 0 Å². The molecule has 10 heteroatoms. The minimum atomic E-state index is -1.17. The summed E-state index contributed by atoms with van der Waals surface area (Å²) in [4.78, 5) is 69.9. The topological polar surface area (TPSA) is 142 Å². The van der Waals surface area contributed by atoms with E-state index < -0.39 is 41.0 Å². The number of aromatic hydroxyl groups is 1. The number of anilines is 1. The zero-order chi connectivity index (χ0) is 32.3. The second-order valence-corrected chi connectivity index (χ2v) is 13.3. The number of rotatable bonds is 8. The minimum absolute atomic E-state index is 0.0421. The molecular formula is C36H36N2O8. The summed E-state index contributed by atoms with van der Waals surface area (Å²) in [5.74, 6) is -4.19. The van der Waals surface area contributed by atoms with Crippen molar-refractivity contribution in [1.82, 2.24) is 4.90 Å². The maximum Gasteiger partial charge on any atom is 0.303 e. The average molecular weight is 625 g/mol. The number of hydrogen-bond acceptors (Lipinski definition) is 7. The fraction of sp³-hybridized carbons (Fsp3) is 0.417. The largest absolute Gasteiger partial charge is 0.508 e. The van der Waals surface area contributed by atoms with E-state index in [0.717, 1.165) is 16.7 Å². The van der Waals surface area contributed by atoms with Crippen LogP contribution in [0, 0.1) is 35.0 Å². The monoisotopic (exact) mass is 624 g/mol. The summed E-state index contributed by atoms with van der Waals surface area (Å²) in [5.41, 5.74) is 1.75. The van der Waals surface area contributed by atoms with Crippen molar-refractivity contribution in [2.24, 2.45) is 35.0 Å². The SMILES string of the molecule is C[C@@]12C(=O)N(c3ccccc3)C(=O)[C@@H]1C[C@@H]1C(=CC[C@@H]3C(=O)N(CCCCCC(=O)O)C(=O)[C@@H]31)[C@@H]2C1=COc2ccc(O)cc2C1. The molecule has 4 amide bonds. The molecule has 3 heterocycles. The third-order valence-corrected chi connectivity index (χ3v) is 10.8. The molecule has 2 saturated heterocycles. The van der Waals surface area contributed by atoms with Crippen LogP contribution >= 0.6 is 0 Å². The van der Waals surface area contributed by atoms with Crippen LogP contribution in [0.1, 0.15) is 51.0 Å². The van der Waals surface area contributed by atoms with Crippen molar-refractivity contribution in [3.63, 3.8) is 0 Å². The number of likely N-dealkylation sites (tertiary alicyclic amines) is 1. The molecule has 0 bridgehead atoms. The Balaban J connectivity index is 1.26. The van der Waals surface area contributed by atoms with Gasteiger partial charge < -0.3 is 14.9 Å². The Hall–Kier alpha value is -4.73. The standard InChI is InChI=1S/C36H36N2O8/c1-36-27(33(43)38(35(36)45)22-8-4-2-5-9-22)18-26-24(31(36)21-16-20-17-23(39)11-14-28(20)46-19-21)12-13-25-30(26)34(44)37(32(25)42)15-7-3-6-10-29(40)41/h2,4-5,8-9,11-12,14,17,19,25-27,30-31,39H,3,6-7,10,13,15-16,18H2,1H3,(H,40,41)/t25-,26+,27-,30-,31-,36+/m0/s1. The summed E-state index contributed by atoms with van der Waals surface area (Å²) < 4.78 is 6.04. The molecule has 6 atom stereocenters. The quantitative estimate of drug-likeness (QED) is 0.246. The number of aliphatic carboxylic acids is 1. The summed E-state index contributed by atoms with van der Waals surface area (Å²) in [7, 11) is 0. The zero-order valence-electron chi connectivity index (χ0n) is 25.6. The van der Waals surface area contributed by atoms with Crippen LogP contribution in [-0.2, 0) is 30.4 Å². The van der Waals surface area contributed by atoms with Crippen molar-refractivity contribution < 1.29 is 38.9 Å². The lowest BCUT2D eigenvalue weighted by molar-refractivity contribution is -0.141. The molecule has 2 aliphatic carbocycles. The van der Waals surface area contributed by atoms with Crippen LogP contribution < -0.4 is 9.64 Å². The Labute approximate surface area is 266 Å². The summed E-state index contributed by atoms with van der Waals surface area (Å²) in [6, 6.07) is 13.7. The maximum absolute atomic E-state index is 14.5. The second kappa shape index (κ2) is 11.3. The number of benzene rings is 2. The number of nitrogens with zero attached hydrogens (tertiary/aromatic N) is 2. The Morgan fingerprint density at radius 2 is 1.76 bits per heavy atom. The van der Waals surface area contributed by atoms with Crippen LogP contribution in [-0.4, -0.2) is 51.3 Å². The molecule has 0 radical (unpaired) electrons. The molecule has 3 aliphatic heterocycles. The number of phenols is 1. The molecular weight excluding hydrogens is 588 g/mol. The van der Waals surface area contributed by atoms with E-state index in [1.54, 1.807) is 48.7 Å². The molecule has 1 saturated carbocycles. The third-order valence-electron chi connectivity index (χ3n) is 10.8. The van der Waals surface area contributed by atoms with E-state index in [1.165, 1.54) is 9.80 Å². The number of phenolic OH excluding ortho intramolecular Hbond substituents is 1. The molecule has 0 spiro atoms. The predicted molar refractivity (Wildman–Crippen MR) is 165 cm³/mol. The van der Waals surface area contributed by atoms with Gasteiger partial charge in [-0.2, -0.15) is 0 Å². The summed E-state index contributed by atoms with van der Waals surface area (Å²) in [5, 5.41) is 19.2. The zero-order valence-corrected chi connectivity index (χ0v) is 25.6. The van der Waals surface area contributed by atoms with Gasteiger partial charge in [0.1, 0.15) is 11.5 Å². The first-order chi connectivity index (χ1) is 22.1. The fourth-order valence-electron chi connectivity index (χ4n) is 8.68. The summed E-state index contributed by atoms with van der Waals surface area (Å²) in [6.07, 6.45) is 6.29. The van der Waals surface area contributed by atoms with E-state index in [2.05, 4.69) is 0 Å². The number of para-hydroxylation sites is 1. The van der Waals surface area contributed by atoms with Crippen molar-refractivity contribution >= 4 is 35.3 Å². The van der Waals surface area contributed by atoms with Gasteiger partial charge in [-0.15, -0.1) is 0 Å². The van der Waals surface area contributed by atoms with Gasteiger partial charge in [-0.05, 0) is 74.4 Å². The first-order valence-corrected chi connectivity index (χ1v) is 16.0. The number of unbranched alkanes of at least 4 members (excludes halogenated alkanes) is 2. The molecule has 3 fully saturated rings. The van der Waals surface area contributed by atoms with Gasteiger partial charge >= 0.3 is 5.97 Å². The highest BCUT2D eigenvalue weighted by Crippen LogP contribution is 2.62. The molecule has 238 valence electrons. The first kappa shape index (κ1) is 30.0. The molecule has 10 nitrogen and oxygen atoms in total. The lowest BCUT2D eigenvalue weighted by atomic mass is 9.51. The second-order valence-electron chi connectivity index (χ2n) is 13.3. The van der Waals surface area contributed by atoms with Crippen molar-refractivity contribution in [2.45, 2.75) is 51.9 Å².